The molecule has 7 nitrogen and oxygen atoms in total. The summed E-state index contributed by atoms with van der Waals surface area (Å²) < 4.78 is 19.6. The monoisotopic (exact) mass is 456 g/mol. The Hall–Kier alpha value is -3.65. The number of aromatic nitrogens is 2. The zero-order valence-electron chi connectivity index (χ0n) is 17.8. The van der Waals surface area contributed by atoms with Crippen molar-refractivity contribution < 1.29 is 18.7 Å². The van der Waals surface area contributed by atoms with E-state index >= 15 is 0 Å². The number of ether oxygens (including phenoxy) is 1. The first kappa shape index (κ1) is 23.0. The molecule has 0 atom stereocenters. The fraction of sp³-hybridized carbons (Fsp3) is 0.174. The predicted molar refractivity (Wildman–Crippen MR) is 123 cm³/mol. The lowest BCUT2D eigenvalue weighted by Gasteiger charge is -2.13. The number of halogens is 2. The number of nitrogens with one attached hydrogen (secondary N) is 1. The van der Waals surface area contributed by atoms with Gasteiger partial charge in [-0.05, 0) is 61.5 Å². The Bertz CT molecular complexity index is 1140. The zero-order chi connectivity index (χ0) is 23.3. The molecule has 0 aliphatic heterocycles. The van der Waals surface area contributed by atoms with Crippen molar-refractivity contribution in [3.8, 4) is 5.69 Å². The van der Waals surface area contributed by atoms with E-state index in [9.17, 15) is 14.0 Å². The summed E-state index contributed by atoms with van der Waals surface area (Å²) >= 11 is 6.37. The molecule has 2 aromatic carbocycles. The Morgan fingerprint density at radius 2 is 1.81 bits per heavy atom. The Morgan fingerprint density at radius 1 is 1.16 bits per heavy atom. The molecule has 0 fully saturated rings. The molecular weight excluding hydrogens is 435 g/mol. The number of carbonyl (C=O) groups excluding carboxylic acids is 2. The first-order valence-electron chi connectivity index (χ1n) is 9.67. The molecule has 0 saturated heterocycles. The minimum absolute atomic E-state index is 0.261. The van der Waals surface area contributed by atoms with Crippen LogP contribution in [0.1, 0.15) is 11.3 Å². The van der Waals surface area contributed by atoms with Crippen LogP contribution in [-0.2, 0) is 14.3 Å². The maximum absolute atomic E-state index is 13.1. The van der Waals surface area contributed by atoms with E-state index in [1.165, 1.54) is 29.0 Å². The van der Waals surface area contributed by atoms with Crippen LogP contribution in [0.2, 0.25) is 5.15 Å². The van der Waals surface area contributed by atoms with E-state index in [1.54, 1.807) is 31.2 Å². The number of nitrogens with zero attached hydrogens (tertiary/aromatic N) is 3. The molecule has 9 heteroatoms. The molecule has 0 saturated carbocycles. The van der Waals surface area contributed by atoms with Crippen LogP contribution < -0.4 is 10.2 Å². The highest BCUT2D eigenvalue weighted by molar-refractivity contribution is 6.31. The lowest BCUT2D eigenvalue weighted by molar-refractivity contribution is -0.142. The number of rotatable bonds is 7. The molecule has 1 aromatic heterocycles. The molecule has 0 aliphatic carbocycles. The SMILES string of the molecule is Cc1nn(-c2ccc(F)cc2)c(Cl)c1C=CC(=O)OCC(=O)Nc1ccc(N(C)C)cc1. The van der Waals surface area contributed by atoms with Gasteiger partial charge in [0, 0.05) is 37.1 Å². The molecule has 0 radical (unpaired) electrons. The third-order valence-corrected chi connectivity index (χ3v) is 4.88. The molecule has 3 rings (SSSR count). The van der Waals surface area contributed by atoms with E-state index in [4.69, 9.17) is 16.3 Å². The Balaban J connectivity index is 1.57. The summed E-state index contributed by atoms with van der Waals surface area (Å²) in [5, 5.41) is 7.24. The summed E-state index contributed by atoms with van der Waals surface area (Å²) in [5.41, 5.74) is 3.26. The second kappa shape index (κ2) is 10.1. The van der Waals surface area contributed by atoms with Gasteiger partial charge in [0.2, 0.25) is 0 Å². The quantitative estimate of drug-likeness (QED) is 0.425. The van der Waals surface area contributed by atoms with Crippen LogP contribution in [0.5, 0.6) is 0 Å². The summed E-state index contributed by atoms with van der Waals surface area (Å²) in [5.74, 6) is -1.53. The molecule has 0 unspecified atom stereocenters. The zero-order valence-corrected chi connectivity index (χ0v) is 18.6. The molecule has 3 aromatic rings. The van der Waals surface area contributed by atoms with Gasteiger partial charge in [-0.15, -0.1) is 0 Å². The minimum atomic E-state index is -0.701. The van der Waals surface area contributed by atoms with Crippen LogP contribution in [0.25, 0.3) is 11.8 Å². The number of carbonyl (C=O) groups is 2. The standard InChI is InChI=1S/C23H22ClFN4O3/c1-15-20(23(24)29(27-15)19-8-4-16(25)5-9-19)12-13-22(31)32-14-21(30)26-17-6-10-18(11-7-17)28(2)3/h4-13H,14H2,1-3H3,(H,26,30). The number of amides is 1. The Labute approximate surface area is 190 Å². The van der Waals surface area contributed by atoms with Crippen LogP contribution in [-0.4, -0.2) is 42.4 Å². The minimum Gasteiger partial charge on any atom is -0.452 e. The van der Waals surface area contributed by atoms with Gasteiger partial charge in [0.25, 0.3) is 5.91 Å². The fourth-order valence-electron chi connectivity index (χ4n) is 2.83. The van der Waals surface area contributed by atoms with Gasteiger partial charge in [-0.2, -0.15) is 5.10 Å². The van der Waals surface area contributed by atoms with E-state index in [0.717, 1.165) is 5.69 Å². The average Bonchev–Trinajstić information content (AvgIpc) is 3.05. The second-order valence-electron chi connectivity index (χ2n) is 7.11. The van der Waals surface area contributed by atoms with Crippen LogP contribution in [0.3, 0.4) is 0 Å². The largest absolute Gasteiger partial charge is 0.452 e. The highest BCUT2D eigenvalue weighted by Gasteiger charge is 2.13. The van der Waals surface area contributed by atoms with Crippen molar-refractivity contribution in [2.24, 2.45) is 0 Å². The number of anilines is 2. The summed E-state index contributed by atoms with van der Waals surface area (Å²) in [4.78, 5) is 26.0. The molecule has 0 bridgehead atoms. The number of aryl methyl sites for hydroxylation is 1. The van der Waals surface area contributed by atoms with Gasteiger partial charge < -0.3 is 15.0 Å². The van der Waals surface area contributed by atoms with Crippen molar-refractivity contribution in [1.29, 1.82) is 0 Å². The number of hydrogen-bond acceptors (Lipinski definition) is 5. The van der Waals surface area contributed by atoms with Crippen molar-refractivity contribution >= 4 is 40.9 Å². The highest BCUT2D eigenvalue weighted by Crippen LogP contribution is 2.25. The first-order valence-corrected chi connectivity index (χ1v) is 10.1. The third-order valence-electron chi connectivity index (χ3n) is 4.52. The fourth-order valence-corrected chi connectivity index (χ4v) is 3.17. The van der Waals surface area contributed by atoms with Crippen LogP contribution in [0.4, 0.5) is 15.8 Å². The Kier molecular flexibility index (Phi) is 7.27. The second-order valence-corrected chi connectivity index (χ2v) is 7.47. The molecule has 0 aliphatic rings. The van der Waals surface area contributed by atoms with Gasteiger partial charge in [-0.1, -0.05) is 11.6 Å². The maximum Gasteiger partial charge on any atom is 0.331 e. The van der Waals surface area contributed by atoms with Crippen molar-refractivity contribution in [3.63, 3.8) is 0 Å². The van der Waals surface area contributed by atoms with Gasteiger partial charge in [0.1, 0.15) is 11.0 Å². The first-order chi connectivity index (χ1) is 15.2. The Morgan fingerprint density at radius 3 is 2.44 bits per heavy atom. The predicted octanol–water partition coefficient (Wildman–Crippen LogP) is 4.23. The van der Waals surface area contributed by atoms with Gasteiger partial charge in [-0.3, -0.25) is 4.79 Å². The smallest absolute Gasteiger partial charge is 0.331 e. The van der Waals surface area contributed by atoms with E-state index in [-0.39, 0.29) is 11.0 Å². The van der Waals surface area contributed by atoms with E-state index in [0.29, 0.717) is 22.6 Å². The summed E-state index contributed by atoms with van der Waals surface area (Å²) in [6.45, 7) is 1.30. The summed E-state index contributed by atoms with van der Waals surface area (Å²) in [7, 11) is 3.84. The average molecular weight is 457 g/mol. The lowest BCUT2D eigenvalue weighted by Crippen LogP contribution is -2.20. The highest BCUT2D eigenvalue weighted by atomic mass is 35.5. The van der Waals surface area contributed by atoms with Gasteiger partial charge in [0.15, 0.2) is 6.61 Å². The maximum atomic E-state index is 13.1. The molecule has 1 heterocycles. The van der Waals surface area contributed by atoms with Crippen molar-refractivity contribution in [3.05, 3.63) is 76.8 Å². The number of hydrogen-bond donors (Lipinski definition) is 1. The molecular formula is C23H22ClFN4O3. The van der Waals surface area contributed by atoms with E-state index in [2.05, 4.69) is 10.4 Å². The van der Waals surface area contributed by atoms with Crippen molar-refractivity contribution in [2.75, 3.05) is 30.9 Å². The van der Waals surface area contributed by atoms with E-state index < -0.39 is 18.5 Å². The summed E-state index contributed by atoms with van der Waals surface area (Å²) in [6.07, 6.45) is 2.63. The third kappa shape index (κ3) is 5.73. The molecule has 32 heavy (non-hydrogen) atoms. The van der Waals surface area contributed by atoms with E-state index in [1.807, 2.05) is 31.1 Å². The number of esters is 1. The number of benzene rings is 2. The van der Waals surface area contributed by atoms with Crippen molar-refractivity contribution in [2.45, 2.75) is 6.92 Å². The summed E-state index contributed by atoms with van der Waals surface area (Å²) in [6, 6.07) is 12.9. The molecule has 1 N–H and O–H groups in total. The van der Waals surface area contributed by atoms with Gasteiger partial charge in [-0.25, -0.2) is 13.9 Å². The normalized spacial score (nSPS) is 10.9. The topological polar surface area (TPSA) is 76.5 Å². The molecule has 166 valence electrons. The molecule has 1 amide bonds. The van der Waals surface area contributed by atoms with Gasteiger partial charge in [0.05, 0.1) is 11.4 Å². The van der Waals surface area contributed by atoms with Gasteiger partial charge >= 0.3 is 5.97 Å². The molecule has 0 spiro atoms. The van der Waals surface area contributed by atoms with Crippen LogP contribution in [0, 0.1) is 12.7 Å². The van der Waals surface area contributed by atoms with Crippen LogP contribution in [0.15, 0.2) is 54.6 Å². The van der Waals surface area contributed by atoms with Crippen LogP contribution >= 0.6 is 11.6 Å². The van der Waals surface area contributed by atoms with Crippen molar-refractivity contribution in [1.82, 2.24) is 9.78 Å². The lowest BCUT2D eigenvalue weighted by atomic mass is 10.2.